The van der Waals surface area contributed by atoms with Crippen molar-refractivity contribution in [2.75, 3.05) is 19.8 Å². The van der Waals surface area contributed by atoms with Crippen molar-refractivity contribution in [1.82, 2.24) is 0 Å². The van der Waals surface area contributed by atoms with E-state index in [1.807, 2.05) is 0 Å². The number of rotatable bonds is 48. The number of hydrogen-bond acceptors (Lipinski definition) is 5. The Morgan fingerprint density at radius 1 is 0.367 bits per heavy atom. The van der Waals surface area contributed by atoms with E-state index in [4.69, 9.17) is 14.2 Å². The summed E-state index contributed by atoms with van der Waals surface area (Å²) in [5.74, 6) is -0.415. The minimum absolute atomic E-state index is 0.0749. The van der Waals surface area contributed by atoms with Crippen LogP contribution in [0.3, 0.4) is 0 Å². The van der Waals surface area contributed by atoms with Gasteiger partial charge in [-0.15, -0.1) is 0 Å². The summed E-state index contributed by atoms with van der Waals surface area (Å²) in [6, 6.07) is 0. The predicted molar refractivity (Wildman–Crippen MR) is 261 cm³/mol. The third-order valence-electron chi connectivity index (χ3n) is 11.3. The van der Waals surface area contributed by atoms with Gasteiger partial charge in [0.1, 0.15) is 6.61 Å². The van der Waals surface area contributed by atoms with Crippen molar-refractivity contribution < 1.29 is 23.8 Å². The van der Waals surface area contributed by atoms with Crippen LogP contribution in [0.5, 0.6) is 0 Å². The maximum atomic E-state index is 12.8. The lowest BCUT2D eigenvalue weighted by atomic mass is 10.1. The molecule has 0 radical (unpaired) electrons. The average Bonchev–Trinajstić information content (AvgIpc) is 3.25. The van der Waals surface area contributed by atoms with Crippen molar-refractivity contribution in [2.24, 2.45) is 0 Å². The molecule has 0 N–H and O–H groups in total. The Hall–Kier alpha value is -2.14. The van der Waals surface area contributed by atoms with Gasteiger partial charge in [-0.3, -0.25) is 9.59 Å². The summed E-state index contributed by atoms with van der Waals surface area (Å²) < 4.78 is 17.4. The minimum atomic E-state index is -0.547. The van der Waals surface area contributed by atoms with Gasteiger partial charge < -0.3 is 14.2 Å². The van der Waals surface area contributed by atoms with Crippen LogP contribution in [0, 0.1) is 0 Å². The smallest absolute Gasteiger partial charge is 0.306 e. The van der Waals surface area contributed by atoms with Gasteiger partial charge >= 0.3 is 11.9 Å². The predicted octanol–water partition coefficient (Wildman–Crippen LogP) is 17.6. The van der Waals surface area contributed by atoms with Crippen molar-refractivity contribution in [2.45, 2.75) is 271 Å². The molecule has 0 saturated heterocycles. The quantitative estimate of drug-likeness (QED) is 0.0347. The van der Waals surface area contributed by atoms with E-state index in [9.17, 15) is 9.59 Å². The second-order valence-corrected chi connectivity index (χ2v) is 17.4. The van der Waals surface area contributed by atoms with Crippen LogP contribution in [0.25, 0.3) is 0 Å². The summed E-state index contributed by atoms with van der Waals surface area (Å²) in [6.45, 7) is 7.77. The highest BCUT2D eigenvalue weighted by Gasteiger charge is 2.17. The van der Waals surface area contributed by atoms with Crippen molar-refractivity contribution in [3.8, 4) is 0 Å². The molecule has 0 heterocycles. The SMILES string of the molecule is CCCCC/C=C\C/C=C\CCCCCCCCOCC(COC(=O)CCCCCCC/C=C\CCCCCCCC)OC(=O)CCCCCCC/C=C\CCCCCC. The zero-order valence-electron chi connectivity index (χ0n) is 40.2. The number of carbonyl (C=O) groups is 2. The first-order chi connectivity index (χ1) is 29.6. The standard InChI is InChI=1S/C55H100O5/c1-4-7-10-13-16-19-22-25-27-29-32-35-38-41-44-47-50-58-51-53(60-55(57)49-46-43-40-37-34-30-24-21-18-15-12-9-6-3)52-59-54(56)48-45-42-39-36-33-31-28-26-23-20-17-14-11-8-5-2/h16,19,21,24-28,53H,4-15,17-18,20,22-23,29-52H2,1-3H3/b19-16-,24-21-,27-25-,28-26-. The van der Waals surface area contributed by atoms with Crippen LogP contribution in [-0.4, -0.2) is 37.9 Å². The largest absolute Gasteiger partial charge is 0.462 e. The number of hydrogen-bond donors (Lipinski definition) is 0. The Kier molecular flexibility index (Phi) is 49.4. The van der Waals surface area contributed by atoms with Gasteiger partial charge in [-0.05, 0) is 103 Å². The molecule has 5 heteroatoms. The molecule has 0 spiro atoms. The molecule has 0 aliphatic rings. The van der Waals surface area contributed by atoms with Gasteiger partial charge in [0.25, 0.3) is 0 Å². The third-order valence-corrected chi connectivity index (χ3v) is 11.3. The molecule has 0 aromatic heterocycles. The summed E-state index contributed by atoms with van der Waals surface area (Å²) in [6.07, 6.45) is 62.5. The Bertz CT molecular complexity index is 997. The topological polar surface area (TPSA) is 61.8 Å². The summed E-state index contributed by atoms with van der Waals surface area (Å²) in [4.78, 5) is 25.4. The summed E-state index contributed by atoms with van der Waals surface area (Å²) in [5.41, 5.74) is 0. The molecule has 0 saturated carbocycles. The van der Waals surface area contributed by atoms with Gasteiger partial charge in [0.2, 0.25) is 0 Å². The van der Waals surface area contributed by atoms with Crippen LogP contribution in [-0.2, 0) is 23.8 Å². The molecule has 5 nitrogen and oxygen atoms in total. The second kappa shape index (κ2) is 51.2. The first-order valence-electron chi connectivity index (χ1n) is 26.2. The summed E-state index contributed by atoms with van der Waals surface area (Å²) in [5, 5.41) is 0. The molecule has 60 heavy (non-hydrogen) atoms. The van der Waals surface area contributed by atoms with Crippen LogP contribution in [0.4, 0.5) is 0 Å². The van der Waals surface area contributed by atoms with Crippen LogP contribution in [0.1, 0.15) is 265 Å². The molecule has 0 aromatic carbocycles. The zero-order chi connectivity index (χ0) is 43.5. The lowest BCUT2D eigenvalue weighted by molar-refractivity contribution is -0.163. The first-order valence-corrected chi connectivity index (χ1v) is 26.2. The van der Waals surface area contributed by atoms with E-state index < -0.39 is 6.10 Å². The van der Waals surface area contributed by atoms with E-state index in [-0.39, 0.29) is 25.2 Å². The molecule has 0 aliphatic carbocycles. The van der Waals surface area contributed by atoms with E-state index in [1.165, 1.54) is 161 Å². The Labute approximate surface area is 373 Å². The molecule has 1 unspecified atom stereocenters. The number of unbranched alkanes of at least 4 members (excludes halogenated alkanes) is 29. The molecular formula is C55H100O5. The molecule has 0 bridgehead atoms. The molecule has 1 atom stereocenters. The second-order valence-electron chi connectivity index (χ2n) is 17.4. The highest BCUT2D eigenvalue weighted by atomic mass is 16.6. The Morgan fingerprint density at radius 2 is 0.700 bits per heavy atom. The fourth-order valence-corrected chi connectivity index (χ4v) is 7.35. The van der Waals surface area contributed by atoms with Gasteiger partial charge in [-0.1, -0.05) is 198 Å². The van der Waals surface area contributed by atoms with E-state index >= 15 is 0 Å². The maximum absolute atomic E-state index is 12.8. The van der Waals surface area contributed by atoms with Gasteiger partial charge in [0.05, 0.1) is 6.61 Å². The van der Waals surface area contributed by atoms with E-state index in [2.05, 4.69) is 69.4 Å². The van der Waals surface area contributed by atoms with Gasteiger partial charge in [0, 0.05) is 19.4 Å². The minimum Gasteiger partial charge on any atom is -0.462 e. The number of carbonyl (C=O) groups excluding carboxylic acids is 2. The maximum Gasteiger partial charge on any atom is 0.306 e. The highest BCUT2D eigenvalue weighted by molar-refractivity contribution is 5.70. The normalized spacial score (nSPS) is 12.5. The molecule has 0 fully saturated rings. The number of allylic oxidation sites excluding steroid dienone is 8. The summed E-state index contributed by atoms with van der Waals surface area (Å²) >= 11 is 0. The van der Waals surface area contributed by atoms with E-state index in [1.54, 1.807) is 0 Å². The average molecular weight is 841 g/mol. The van der Waals surface area contributed by atoms with Crippen molar-refractivity contribution >= 4 is 11.9 Å². The van der Waals surface area contributed by atoms with Crippen molar-refractivity contribution in [3.05, 3.63) is 48.6 Å². The number of esters is 2. The zero-order valence-corrected chi connectivity index (χ0v) is 40.2. The van der Waals surface area contributed by atoms with Gasteiger partial charge in [0.15, 0.2) is 6.10 Å². The molecule has 350 valence electrons. The van der Waals surface area contributed by atoms with Crippen molar-refractivity contribution in [1.29, 1.82) is 0 Å². The molecular weight excluding hydrogens is 741 g/mol. The fourth-order valence-electron chi connectivity index (χ4n) is 7.35. The molecule has 0 aliphatic heterocycles. The lowest BCUT2D eigenvalue weighted by Gasteiger charge is -2.18. The van der Waals surface area contributed by atoms with Crippen molar-refractivity contribution in [3.63, 3.8) is 0 Å². The third kappa shape index (κ3) is 48.5. The van der Waals surface area contributed by atoms with Crippen LogP contribution < -0.4 is 0 Å². The molecule has 0 rings (SSSR count). The Morgan fingerprint density at radius 3 is 1.17 bits per heavy atom. The molecule has 0 amide bonds. The lowest BCUT2D eigenvalue weighted by Crippen LogP contribution is -2.30. The van der Waals surface area contributed by atoms with Crippen LogP contribution in [0.15, 0.2) is 48.6 Å². The summed E-state index contributed by atoms with van der Waals surface area (Å²) in [7, 11) is 0. The molecule has 0 aromatic rings. The Balaban J connectivity index is 4.29. The fraction of sp³-hybridized carbons (Fsp3) is 0.818. The first kappa shape index (κ1) is 57.9. The van der Waals surface area contributed by atoms with Crippen LogP contribution >= 0.6 is 0 Å². The number of ether oxygens (including phenoxy) is 3. The van der Waals surface area contributed by atoms with E-state index in [0.29, 0.717) is 19.4 Å². The monoisotopic (exact) mass is 841 g/mol. The van der Waals surface area contributed by atoms with Gasteiger partial charge in [-0.25, -0.2) is 0 Å². The van der Waals surface area contributed by atoms with E-state index in [0.717, 1.165) is 70.6 Å². The van der Waals surface area contributed by atoms with Gasteiger partial charge in [-0.2, -0.15) is 0 Å². The van der Waals surface area contributed by atoms with Crippen LogP contribution in [0.2, 0.25) is 0 Å². The highest BCUT2D eigenvalue weighted by Crippen LogP contribution is 2.14.